The van der Waals surface area contributed by atoms with E-state index >= 15 is 0 Å². The molecule has 2 aliphatic rings. The summed E-state index contributed by atoms with van der Waals surface area (Å²) >= 11 is 0. The number of nitrogens with zero attached hydrogens (tertiary/aromatic N) is 2. The first-order valence-corrected chi connectivity index (χ1v) is 12.3. The van der Waals surface area contributed by atoms with Crippen LogP contribution in [0.1, 0.15) is 55.9 Å². The maximum atomic E-state index is 13.7. The third-order valence-corrected chi connectivity index (χ3v) is 6.82. The molecule has 0 fully saturated rings. The number of nitrogens with one attached hydrogen (secondary N) is 3. The van der Waals surface area contributed by atoms with Crippen LogP contribution in [0.2, 0.25) is 0 Å². The fourth-order valence-electron chi connectivity index (χ4n) is 5.09. The molecule has 0 radical (unpaired) electrons. The highest BCUT2D eigenvalue weighted by Crippen LogP contribution is 2.44. The Hall–Kier alpha value is -4.01. The number of nitrogen functional groups attached to an aromatic ring is 1. The number of benzene rings is 1. The van der Waals surface area contributed by atoms with Gasteiger partial charge in [-0.1, -0.05) is 18.2 Å². The molecule has 0 saturated carbocycles. The van der Waals surface area contributed by atoms with Crippen molar-refractivity contribution in [3.05, 3.63) is 65.6 Å². The first kappa shape index (κ1) is 25.1. The van der Waals surface area contributed by atoms with Crippen molar-refractivity contribution in [1.82, 2.24) is 20.2 Å². The zero-order valence-corrected chi connectivity index (χ0v) is 21.2. The summed E-state index contributed by atoms with van der Waals surface area (Å²) in [5.74, 6) is 6.35. The van der Waals surface area contributed by atoms with Crippen molar-refractivity contribution in [2.75, 3.05) is 24.2 Å². The number of allylic oxidation sites excluding steroid dienone is 2. The number of dihydropyridines is 1. The molecule has 9 nitrogen and oxygen atoms in total. The molecule has 5 N–H and O–H groups in total. The number of hydrogen-bond donors (Lipinski definition) is 4. The topological polar surface area (TPSA) is 121 Å². The number of aromatic nitrogens is 1. The van der Waals surface area contributed by atoms with E-state index in [0.29, 0.717) is 42.1 Å². The van der Waals surface area contributed by atoms with Crippen molar-refractivity contribution < 1.29 is 14.4 Å². The number of Topliss-reactive ketones (excluding diaryl/α,β-unsaturated/α-hetero) is 1. The Morgan fingerprint density at radius 1 is 1.19 bits per heavy atom. The first-order chi connectivity index (χ1) is 17.2. The van der Waals surface area contributed by atoms with E-state index in [9.17, 15) is 14.4 Å². The lowest BCUT2D eigenvalue weighted by Crippen LogP contribution is -2.47. The number of hydrogen-bond acceptors (Lipinski definition) is 6. The van der Waals surface area contributed by atoms with Crippen LogP contribution in [0.4, 0.5) is 11.4 Å². The Kier molecular flexibility index (Phi) is 6.92. The van der Waals surface area contributed by atoms with Crippen LogP contribution in [-0.2, 0) is 16.0 Å². The average molecular weight is 491 g/mol. The van der Waals surface area contributed by atoms with E-state index in [1.165, 1.54) is 11.6 Å². The van der Waals surface area contributed by atoms with Gasteiger partial charge in [0.1, 0.15) is 6.17 Å². The Morgan fingerprint density at radius 3 is 2.53 bits per heavy atom. The summed E-state index contributed by atoms with van der Waals surface area (Å²) in [5.41, 5.74) is 3.00. The zero-order valence-electron chi connectivity index (χ0n) is 21.2. The number of carbonyl (C=O) groups excluding carboxylic acids is 3. The molecule has 1 aromatic carbocycles. The number of fused-ring (bicyclic) bond motifs is 1. The van der Waals surface area contributed by atoms with Crippen LogP contribution >= 0.6 is 0 Å². The molecular weight excluding hydrogens is 456 g/mol. The maximum absolute atomic E-state index is 13.7. The van der Waals surface area contributed by atoms with Gasteiger partial charge in [-0.05, 0) is 51.3 Å². The van der Waals surface area contributed by atoms with Gasteiger partial charge in [0.15, 0.2) is 5.78 Å². The number of ketones is 1. The predicted molar refractivity (Wildman–Crippen MR) is 141 cm³/mol. The summed E-state index contributed by atoms with van der Waals surface area (Å²) in [5, 5.41) is 9.32. The molecule has 1 aromatic heterocycles. The van der Waals surface area contributed by atoms with Gasteiger partial charge in [-0.3, -0.25) is 19.1 Å². The molecule has 9 heteroatoms. The van der Waals surface area contributed by atoms with Crippen LogP contribution in [0.15, 0.2) is 48.7 Å². The minimum Gasteiger partial charge on any atom is -0.368 e. The maximum Gasteiger partial charge on any atom is 0.229 e. The number of para-hydroxylation sites is 1. The highest BCUT2D eigenvalue weighted by atomic mass is 16.2. The number of rotatable bonds is 7. The van der Waals surface area contributed by atoms with Crippen molar-refractivity contribution in [1.29, 1.82) is 0 Å². The van der Waals surface area contributed by atoms with Gasteiger partial charge < -0.3 is 26.7 Å². The molecule has 2 unspecified atom stereocenters. The number of nitrogens with two attached hydrogens (primary N) is 1. The quantitative estimate of drug-likeness (QED) is 0.443. The average Bonchev–Trinajstić information content (AvgIpc) is 3.11. The molecule has 1 aliphatic carbocycles. The van der Waals surface area contributed by atoms with Crippen molar-refractivity contribution >= 4 is 34.5 Å². The monoisotopic (exact) mass is 490 g/mol. The smallest absolute Gasteiger partial charge is 0.229 e. The summed E-state index contributed by atoms with van der Waals surface area (Å²) < 4.78 is 1.53. The van der Waals surface area contributed by atoms with Gasteiger partial charge in [0.05, 0.1) is 28.1 Å². The fourth-order valence-corrected chi connectivity index (χ4v) is 5.09. The Bertz CT molecular complexity index is 1240. The zero-order chi connectivity index (χ0) is 26.0. The van der Waals surface area contributed by atoms with E-state index in [1.54, 1.807) is 11.1 Å². The Labute approximate surface area is 211 Å². The second-order valence-corrected chi connectivity index (χ2v) is 9.52. The van der Waals surface area contributed by atoms with Crippen molar-refractivity contribution in [2.24, 2.45) is 5.41 Å². The van der Waals surface area contributed by atoms with E-state index in [2.05, 4.69) is 16.0 Å². The summed E-state index contributed by atoms with van der Waals surface area (Å²) in [6.45, 7) is 8.34. The van der Waals surface area contributed by atoms with Crippen molar-refractivity contribution in [2.45, 2.75) is 46.7 Å². The van der Waals surface area contributed by atoms with Gasteiger partial charge in [-0.25, -0.2) is 0 Å². The lowest BCUT2D eigenvalue weighted by Gasteiger charge is -2.36. The first-order valence-electron chi connectivity index (χ1n) is 12.3. The van der Waals surface area contributed by atoms with Gasteiger partial charge in [0.25, 0.3) is 0 Å². The molecule has 36 heavy (non-hydrogen) atoms. The second-order valence-electron chi connectivity index (χ2n) is 9.52. The molecule has 0 spiro atoms. The van der Waals surface area contributed by atoms with E-state index < -0.39 is 11.6 Å². The Morgan fingerprint density at radius 2 is 1.89 bits per heavy atom. The molecule has 2 aromatic rings. The lowest BCUT2D eigenvalue weighted by molar-refractivity contribution is -0.141. The van der Waals surface area contributed by atoms with E-state index in [0.717, 1.165) is 11.3 Å². The van der Waals surface area contributed by atoms with E-state index in [4.69, 9.17) is 5.84 Å². The van der Waals surface area contributed by atoms with Gasteiger partial charge in [0, 0.05) is 44.1 Å². The standard InChI is InChI=1S/C27H34N6O3/c1-5-32(6-2)26(36)27(4)15-20-23(21(35)16-27)24(31-19-10-8-7-9-11-19)25(33(20)28)18-12-13-29-22(14-18)30-17(3)34/h7-14,22,29,31H,5-6,15-16,28H2,1-4H3,(H,30,34). The fraction of sp³-hybridized carbons (Fsp3) is 0.370. The van der Waals surface area contributed by atoms with Crippen LogP contribution in [0.3, 0.4) is 0 Å². The molecule has 2 heterocycles. The summed E-state index contributed by atoms with van der Waals surface area (Å²) in [6.07, 6.45) is 5.46. The molecule has 2 atom stereocenters. The predicted octanol–water partition coefficient (Wildman–Crippen LogP) is 2.91. The van der Waals surface area contributed by atoms with Crippen molar-refractivity contribution in [3.8, 4) is 0 Å². The number of carbonyl (C=O) groups is 3. The van der Waals surface area contributed by atoms with E-state index in [1.807, 2.05) is 63.3 Å². The van der Waals surface area contributed by atoms with Gasteiger partial charge in [-0.2, -0.15) is 0 Å². The van der Waals surface area contributed by atoms with Crippen molar-refractivity contribution in [3.63, 3.8) is 0 Å². The van der Waals surface area contributed by atoms with E-state index in [-0.39, 0.29) is 24.0 Å². The number of anilines is 2. The normalized spacial score (nSPS) is 20.7. The molecule has 1 aliphatic heterocycles. The molecule has 0 bridgehead atoms. The highest BCUT2D eigenvalue weighted by molar-refractivity contribution is 6.09. The third-order valence-electron chi connectivity index (χ3n) is 6.82. The summed E-state index contributed by atoms with van der Waals surface area (Å²) in [4.78, 5) is 40.5. The summed E-state index contributed by atoms with van der Waals surface area (Å²) in [6, 6.07) is 9.56. The SMILES string of the molecule is CCN(CC)C(=O)C1(C)CC(=O)c2c(Nc3ccccc3)c(C3=CC(NC(C)=O)NC=C3)n(N)c2C1. The van der Waals surface area contributed by atoms with Gasteiger partial charge in [0.2, 0.25) is 11.8 Å². The van der Waals surface area contributed by atoms with Crippen LogP contribution in [0.25, 0.3) is 5.57 Å². The number of amides is 2. The Balaban J connectivity index is 1.85. The van der Waals surface area contributed by atoms with Crippen LogP contribution in [0.5, 0.6) is 0 Å². The van der Waals surface area contributed by atoms with Gasteiger partial charge in [-0.15, -0.1) is 0 Å². The molecule has 2 amide bonds. The minimum absolute atomic E-state index is 0.0430. The second kappa shape index (κ2) is 9.93. The van der Waals surface area contributed by atoms with Gasteiger partial charge >= 0.3 is 0 Å². The molecule has 190 valence electrons. The summed E-state index contributed by atoms with van der Waals surface area (Å²) in [7, 11) is 0. The van der Waals surface area contributed by atoms with Crippen LogP contribution < -0.4 is 21.8 Å². The molecule has 0 saturated heterocycles. The van der Waals surface area contributed by atoms with Crippen LogP contribution in [0, 0.1) is 5.41 Å². The molecular formula is C27H34N6O3. The molecule has 4 rings (SSSR count). The third kappa shape index (κ3) is 4.60. The van der Waals surface area contributed by atoms with Crippen LogP contribution in [-0.4, -0.2) is 46.4 Å². The largest absolute Gasteiger partial charge is 0.368 e. The lowest BCUT2D eigenvalue weighted by atomic mass is 9.73. The highest BCUT2D eigenvalue weighted by Gasteiger charge is 2.46. The minimum atomic E-state index is -0.885.